The Morgan fingerprint density at radius 2 is 2.14 bits per heavy atom. The topological polar surface area (TPSA) is 41.1 Å². The van der Waals surface area contributed by atoms with E-state index in [0.29, 0.717) is 5.92 Å². The Hall–Kier alpha value is -0.380. The van der Waals surface area contributed by atoms with Gasteiger partial charge in [0.05, 0.1) is 0 Å². The van der Waals surface area contributed by atoms with Gasteiger partial charge in [0, 0.05) is 13.1 Å². The van der Waals surface area contributed by atoms with E-state index < -0.39 is 0 Å². The minimum Gasteiger partial charge on any atom is -0.338 e. The van der Waals surface area contributed by atoms with Crippen molar-refractivity contribution in [2.24, 2.45) is 5.92 Å². The molecule has 0 spiro atoms. The molecule has 0 bridgehead atoms. The van der Waals surface area contributed by atoms with Gasteiger partial charge in [0.1, 0.15) is 0 Å². The van der Waals surface area contributed by atoms with E-state index >= 15 is 0 Å². The predicted octanol–water partition coefficient (Wildman–Crippen LogP) is 2.08. The SMILES string of the molecule is CCCCNC(=O)NCC(C)CSC. The summed E-state index contributed by atoms with van der Waals surface area (Å²) in [5.41, 5.74) is 0. The molecule has 0 radical (unpaired) electrons. The summed E-state index contributed by atoms with van der Waals surface area (Å²) in [6.07, 6.45) is 4.24. The molecule has 1 unspecified atom stereocenters. The van der Waals surface area contributed by atoms with Crippen LogP contribution in [0.1, 0.15) is 26.7 Å². The molecule has 1 atom stereocenters. The van der Waals surface area contributed by atoms with Crippen molar-refractivity contribution in [3.8, 4) is 0 Å². The second-order valence-electron chi connectivity index (χ2n) is 3.55. The lowest BCUT2D eigenvalue weighted by Crippen LogP contribution is -2.38. The molecule has 2 N–H and O–H groups in total. The quantitative estimate of drug-likeness (QED) is 0.642. The number of nitrogens with one attached hydrogen (secondary N) is 2. The summed E-state index contributed by atoms with van der Waals surface area (Å²) in [5, 5.41) is 5.69. The lowest BCUT2D eigenvalue weighted by atomic mass is 10.2. The fourth-order valence-corrected chi connectivity index (χ4v) is 1.74. The van der Waals surface area contributed by atoms with Crippen LogP contribution in [0.3, 0.4) is 0 Å². The molecule has 0 rings (SSSR count). The highest BCUT2D eigenvalue weighted by atomic mass is 32.2. The van der Waals surface area contributed by atoms with Gasteiger partial charge in [0.2, 0.25) is 0 Å². The van der Waals surface area contributed by atoms with Gasteiger partial charge in [0.25, 0.3) is 0 Å². The van der Waals surface area contributed by atoms with Gasteiger partial charge in [-0.25, -0.2) is 4.79 Å². The van der Waals surface area contributed by atoms with Gasteiger partial charge >= 0.3 is 6.03 Å². The van der Waals surface area contributed by atoms with Crippen LogP contribution >= 0.6 is 11.8 Å². The Morgan fingerprint density at radius 3 is 2.71 bits per heavy atom. The predicted molar refractivity (Wildman–Crippen MR) is 63.9 cm³/mol. The second kappa shape index (κ2) is 9.19. The highest BCUT2D eigenvalue weighted by Crippen LogP contribution is 2.02. The van der Waals surface area contributed by atoms with Crippen LogP contribution in [0.2, 0.25) is 0 Å². The van der Waals surface area contributed by atoms with E-state index in [1.807, 2.05) is 11.8 Å². The van der Waals surface area contributed by atoms with Crippen LogP contribution in [-0.2, 0) is 0 Å². The van der Waals surface area contributed by atoms with Gasteiger partial charge in [-0.1, -0.05) is 20.3 Å². The molecule has 0 aliphatic carbocycles. The van der Waals surface area contributed by atoms with Crippen LogP contribution in [0.15, 0.2) is 0 Å². The van der Waals surface area contributed by atoms with Crippen molar-refractivity contribution in [1.82, 2.24) is 10.6 Å². The first-order valence-corrected chi connectivity index (χ1v) is 6.60. The number of carbonyl (C=O) groups is 1. The van der Waals surface area contributed by atoms with Gasteiger partial charge in [-0.05, 0) is 24.3 Å². The third kappa shape index (κ3) is 8.23. The van der Waals surface area contributed by atoms with E-state index in [2.05, 4.69) is 30.7 Å². The smallest absolute Gasteiger partial charge is 0.314 e. The van der Waals surface area contributed by atoms with E-state index in [4.69, 9.17) is 0 Å². The first-order valence-electron chi connectivity index (χ1n) is 5.21. The highest BCUT2D eigenvalue weighted by Gasteiger charge is 2.03. The molecule has 0 saturated carbocycles. The van der Waals surface area contributed by atoms with Crippen molar-refractivity contribution in [2.75, 3.05) is 25.1 Å². The van der Waals surface area contributed by atoms with Crippen LogP contribution < -0.4 is 10.6 Å². The zero-order valence-corrected chi connectivity index (χ0v) is 10.2. The Balaban J connectivity index is 3.34. The molecule has 14 heavy (non-hydrogen) atoms. The second-order valence-corrected chi connectivity index (χ2v) is 4.46. The number of thioether (sulfide) groups is 1. The van der Waals surface area contributed by atoms with E-state index in [9.17, 15) is 4.79 Å². The van der Waals surface area contributed by atoms with Gasteiger partial charge in [-0.15, -0.1) is 0 Å². The highest BCUT2D eigenvalue weighted by molar-refractivity contribution is 7.98. The number of carbonyl (C=O) groups excluding carboxylic acids is 1. The molecule has 84 valence electrons. The zero-order chi connectivity index (χ0) is 10.8. The first kappa shape index (κ1) is 13.6. The van der Waals surface area contributed by atoms with E-state index in [0.717, 1.165) is 31.7 Å². The minimum absolute atomic E-state index is 0.0357. The van der Waals surface area contributed by atoms with Crippen molar-refractivity contribution in [3.05, 3.63) is 0 Å². The number of urea groups is 1. The number of unbranched alkanes of at least 4 members (excludes halogenated alkanes) is 1. The summed E-state index contributed by atoms with van der Waals surface area (Å²) in [4.78, 5) is 11.2. The van der Waals surface area contributed by atoms with Gasteiger partial charge in [-0.2, -0.15) is 11.8 Å². The molecule has 3 nitrogen and oxygen atoms in total. The molecule has 0 aliphatic heterocycles. The third-order valence-electron chi connectivity index (χ3n) is 1.88. The number of hydrogen-bond acceptors (Lipinski definition) is 2. The number of rotatable bonds is 7. The Labute approximate surface area is 91.4 Å². The van der Waals surface area contributed by atoms with Crippen molar-refractivity contribution >= 4 is 17.8 Å². The largest absolute Gasteiger partial charge is 0.338 e. The molecule has 0 fully saturated rings. The average molecular weight is 218 g/mol. The normalized spacial score (nSPS) is 12.2. The fourth-order valence-electron chi connectivity index (χ4n) is 1.05. The monoisotopic (exact) mass is 218 g/mol. The molecular formula is C10H22N2OS. The average Bonchev–Trinajstić information content (AvgIpc) is 2.16. The van der Waals surface area contributed by atoms with E-state index in [-0.39, 0.29) is 6.03 Å². The Kier molecular flexibility index (Phi) is 8.94. The van der Waals surface area contributed by atoms with Crippen LogP contribution in [0.25, 0.3) is 0 Å². The maximum Gasteiger partial charge on any atom is 0.314 e. The van der Waals surface area contributed by atoms with Crippen LogP contribution in [-0.4, -0.2) is 31.1 Å². The summed E-state index contributed by atoms with van der Waals surface area (Å²) in [6.45, 7) is 5.79. The van der Waals surface area contributed by atoms with E-state index in [1.165, 1.54) is 0 Å². The van der Waals surface area contributed by atoms with Crippen molar-refractivity contribution in [1.29, 1.82) is 0 Å². The lowest BCUT2D eigenvalue weighted by Gasteiger charge is -2.11. The lowest BCUT2D eigenvalue weighted by molar-refractivity contribution is 0.239. The fraction of sp³-hybridized carbons (Fsp3) is 0.900. The molecule has 0 aromatic heterocycles. The molecule has 2 amide bonds. The maximum absolute atomic E-state index is 11.2. The maximum atomic E-state index is 11.2. The van der Waals surface area contributed by atoms with Gasteiger partial charge < -0.3 is 10.6 Å². The molecular weight excluding hydrogens is 196 g/mol. The van der Waals surface area contributed by atoms with Gasteiger partial charge in [0.15, 0.2) is 0 Å². The number of amides is 2. The standard InChI is InChI=1S/C10H22N2OS/c1-4-5-6-11-10(13)12-7-9(2)8-14-3/h9H,4-8H2,1-3H3,(H2,11,12,13). The molecule has 0 heterocycles. The number of hydrogen-bond donors (Lipinski definition) is 2. The summed E-state index contributed by atoms with van der Waals surface area (Å²) >= 11 is 1.81. The van der Waals surface area contributed by atoms with Crippen LogP contribution in [0.5, 0.6) is 0 Å². The van der Waals surface area contributed by atoms with Crippen molar-refractivity contribution < 1.29 is 4.79 Å². The third-order valence-corrected chi connectivity index (χ3v) is 2.78. The summed E-state index contributed by atoms with van der Waals surface area (Å²) in [7, 11) is 0. The summed E-state index contributed by atoms with van der Waals surface area (Å²) in [6, 6.07) is -0.0357. The Bertz CT molecular complexity index is 153. The molecule has 0 saturated heterocycles. The molecule has 0 aliphatic rings. The summed E-state index contributed by atoms with van der Waals surface area (Å²) < 4.78 is 0. The minimum atomic E-state index is -0.0357. The molecule has 4 heteroatoms. The van der Waals surface area contributed by atoms with E-state index in [1.54, 1.807) is 0 Å². The van der Waals surface area contributed by atoms with Crippen molar-refractivity contribution in [2.45, 2.75) is 26.7 Å². The van der Waals surface area contributed by atoms with Crippen LogP contribution in [0, 0.1) is 5.92 Å². The Morgan fingerprint density at radius 1 is 1.43 bits per heavy atom. The molecule has 0 aromatic rings. The van der Waals surface area contributed by atoms with Crippen molar-refractivity contribution in [3.63, 3.8) is 0 Å². The zero-order valence-electron chi connectivity index (χ0n) is 9.43. The summed E-state index contributed by atoms with van der Waals surface area (Å²) in [5.74, 6) is 1.64. The van der Waals surface area contributed by atoms with Crippen LogP contribution in [0.4, 0.5) is 4.79 Å². The molecule has 0 aromatic carbocycles. The first-order chi connectivity index (χ1) is 6.70. The van der Waals surface area contributed by atoms with Gasteiger partial charge in [-0.3, -0.25) is 0 Å².